The van der Waals surface area contributed by atoms with Crippen LogP contribution in [-0.2, 0) is 6.42 Å². The van der Waals surface area contributed by atoms with Crippen molar-refractivity contribution in [2.45, 2.75) is 32.6 Å². The summed E-state index contributed by atoms with van der Waals surface area (Å²) in [5, 5.41) is 0. The Hall–Kier alpha value is -1.45. The Labute approximate surface area is 82.4 Å². The molecule has 14 heavy (non-hydrogen) atoms. The van der Waals surface area contributed by atoms with E-state index in [4.69, 9.17) is 4.42 Å². The van der Waals surface area contributed by atoms with Crippen molar-refractivity contribution in [1.82, 2.24) is 15.0 Å². The molecule has 0 amide bonds. The summed E-state index contributed by atoms with van der Waals surface area (Å²) < 4.78 is 5.45. The summed E-state index contributed by atoms with van der Waals surface area (Å²) in [4.78, 5) is 12.2. The second-order valence-corrected chi connectivity index (χ2v) is 3.28. The zero-order chi connectivity index (χ0) is 9.80. The summed E-state index contributed by atoms with van der Waals surface area (Å²) in [5.74, 6) is 0.772. The molecule has 74 valence electrons. The van der Waals surface area contributed by atoms with Crippen molar-refractivity contribution in [2.24, 2.45) is 0 Å². The summed E-state index contributed by atoms with van der Waals surface area (Å²) in [5.41, 5.74) is 1.34. The first-order valence-electron chi connectivity index (χ1n) is 4.95. The van der Waals surface area contributed by atoms with Gasteiger partial charge in [-0.15, -0.1) is 0 Å². The maximum absolute atomic E-state index is 5.45. The SMILES string of the molecule is CCCCCc1nc2cncnc2o1. The Bertz CT molecular complexity index is 377. The van der Waals surface area contributed by atoms with Gasteiger partial charge in [-0.3, -0.25) is 0 Å². The molecule has 0 N–H and O–H groups in total. The summed E-state index contributed by atoms with van der Waals surface area (Å²) in [7, 11) is 0. The van der Waals surface area contributed by atoms with Gasteiger partial charge in [-0.2, -0.15) is 4.98 Å². The van der Waals surface area contributed by atoms with E-state index in [1.807, 2.05) is 0 Å². The minimum atomic E-state index is 0.589. The van der Waals surface area contributed by atoms with Crippen molar-refractivity contribution >= 4 is 11.2 Å². The Kier molecular flexibility index (Phi) is 2.72. The largest absolute Gasteiger partial charge is 0.422 e. The average molecular weight is 191 g/mol. The van der Waals surface area contributed by atoms with E-state index in [0.717, 1.165) is 24.2 Å². The van der Waals surface area contributed by atoms with Crippen molar-refractivity contribution in [2.75, 3.05) is 0 Å². The average Bonchev–Trinajstić information content (AvgIpc) is 2.60. The molecule has 0 spiro atoms. The number of aryl methyl sites for hydroxylation is 1. The molecule has 0 fully saturated rings. The first kappa shape index (κ1) is 9.12. The van der Waals surface area contributed by atoms with Crippen molar-refractivity contribution in [3.05, 3.63) is 18.4 Å². The molecule has 2 aromatic heterocycles. The smallest absolute Gasteiger partial charge is 0.250 e. The number of hydrogen-bond donors (Lipinski definition) is 0. The van der Waals surface area contributed by atoms with Gasteiger partial charge in [0.15, 0.2) is 5.89 Å². The third-order valence-electron chi connectivity index (χ3n) is 2.11. The van der Waals surface area contributed by atoms with Crippen LogP contribution in [0.15, 0.2) is 16.9 Å². The van der Waals surface area contributed by atoms with Gasteiger partial charge in [0.1, 0.15) is 11.8 Å². The summed E-state index contributed by atoms with van der Waals surface area (Å²) in [6.07, 6.45) is 7.59. The lowest BCUT2D eigenvalue weighted by Gasteiger charge is -1.92. The highest BCUT2D eigenvalue weighted by molar-refractivity contribution is 5.65. The van der Waals surface area contributed by atoms with Crippen molar-refractivity contribution in [3.8, 4) is 0 Å². The van der Waals surface area contributed by atoms with Gasteiger partial charge < -0.3 is 4.42 Å². The Morgan fingerprint density at radius 1 is 1.36 bits per heavy atom. The topological polar surface area (TPSA) is 51.8 Å². The van der Waals surface area contributed by atoms with Gasteiger partial charge >= 0.3 is 0 Å². The van der Waals surface area contributed by atoms with E-state index in [1.165, 1.54) is 19.2 Å². The van der Waals surface area contributed by atoms with E-state index in [2.05, 4.69) is 21.9 Å². The minimum Gasteiger partial charge on any atom is -0.422 e. The lowest BCUT2D eigenvalue weighted by Crippen LogP contribution is -1.84. The zero-order valence-electron chi connectivity index (χ0n) is 8.23. The lowest BCUT2D eigenvalue weighted by atomic mass is 10.2. The highest BCUT2D eigenvalue weighted by Crippen LogP contribution is 2.13. The first-order chi connectivity index (χ1) is 6.90. The van der Waals surface area contributed by atoms with Crippen LogP contribution >= 0.6 is 0 Å². The second kappa shape index (κ2) is 4.17. The fourth-order valence-electron chi connectivity index (χ4n) is 1.37. The van der Waals surface area contributed by atoms with Crippen LogP contribution in [0.5, 0.6) is 0 Å². The van der Waals surface area contributed by atoms with Gasteiger partial charge in [0.2, 0.25) is 5.71 Å². The molecule has 0 radical (unpaired) electrons. The molecule has 0 atom stereocenters. The van der Waals surface area contributed by atoms with E-state index in [0.29, 0.717) is 5.71 Å². The monoisotopic (exact) mass is 191 g/mol. The predicted octanol–water partition coefficient (Wildman–Crippen LogP) is 2.35. The molecular weight excluding hydrogens is 178 g/mol. The molecular formula is C10H13N3O. The second-order valence-electron chi connectivity index (χ2n) is 3.28. The molecule has 0 aliphatic heterocycles. The van der Waals surface area contributed by atoms with Crippen LogP contribution in [0.4, 0.5) is 0 Å². The van der Waals surface area contributed by atoms with E-state index in [1.54, 1.807) is 6.20 Å². The Balaban J connectivity index is 2.11. The van der Waals surface area contributed by atoms with Gasteiger partial charge in [0.25, 0.3) is 0 Å². The third-order valence-corrected chi connectivity index (χ3v) is 2.11. The molecule has 0 saturated carbocycles. The fourth-order valence-corrected chi connectivity index (χ4v) is 1.37. The maximum atomic E-state index is 5.45. The minimum absolute atomic E-state index is 0.589. The molecule has 2 rings (SSSR count). The number of rotatable bonds is 4. The number of nitrogens with zero attached hydrogens (tertiary/aromatic N) is 3. The fraction of sp³-hybridized carbons (Fsp3) is 0.500. The summed E-state index contributed by atoms with van der Waals surface area (Å²) >= 11 is 0. The van der Waals surface area contributed by atoms with Crippen molar-refractivity contribution < 1.29 is 4.42 Å². The van der Waals surface area contributed by atoms with Crippen molar-refractivity contribution in [3.63, 3.8) is 0 Å². The number of fused-ring (bicyclic) bond motifs is 1. The van der Waals surface area contributed by atoms with Gasteiger partial charge in [-0.1, -0.05) is 19.8 Å². The van der Waals surface area contributed by atoms with Gasteiger partial charge in [0, 0.05) is 6.42 Å². The molecule has 4 heteroatoms. The van der Waals surface area contributed by atoms with Crippen LogP contribution in [0, 0.1) is 0 Å². The van der Waals surface area contributed by atoms with E-state index in [-0.39, 0.29) is 0 Å². The number of aromatic nitrogens is 3. The van der Waals surface area contributed by atoms with E-state index < -0.39 is 0 Å². The quantitative estimate of drug-likeness (QED) is 0.696. The molecule has 0 aliphatic rings. The van der Waals surface area contributed by atoms with Crippen molar-refractivity contribution in [1.29, 1.82) is 0 Å². The third kappa shape index (κ3) is 1.89. The summed E-state index contributed by atoms with van der Waals surface area (Å²) in [6, 6.07) is 0. The molecule has 4 nitrogen and oxygen atoms in total. The van der Waals surface area contributed by atoms with Crippen LogP contribution < -0.4 is 0 Å². The Morgan fingerprint density at radius 2 is 2.29 bits per heavy atom. The highest BCUT2D eigenvalue weighted by atomic mass is 16.4. The van der Waals surface area contributed by atoms with Crippen LogP contribution in [-0.4, -0.2) is 15.0 Å². The molecule has 0 unspecified atom stereocenters. The maximum Gasteiger partial charge on any atom is 0.250 e. The molecule has 0 bridgehead atoms. The summed E-state index contributed by atoms with van der Waals surface area (Å²) in [6.45, 7) is 2.18. The zero-order valence-corrected chi connectivity index (χ0v) is 8.23. The highest BCUT2D eigenvalue weighted by Gasteiger charge is 2.05. The van der Waals surface area contributed by atoms with Crippen LogP contribution in [0.2, 0.25) is 0 Å². The first-order valence-corrected chi connectivity index (χ1v) is 4.95. The van der Waals surface area contributed by atoms with E-state index in [9.17, 15) is 0 Å². The normalized spacial score (nSPS) is 10.9. The van der Waals surface area contributed by atoms with Crippen LogP contribution in [0.25, 0.3) is 11.2 Å². The predicted molar refractivity (Wildman–Crippen MR) is 52.8 cm³/mol. The molecule has 0 aromatic carbocycles. The number of hydrogen-bond acceptors (Lipinski definition) is 4. The van der Waals surface area contributed by atoms with Crippen LogP contribution in [0.1, 0.15) is 32.1 Å². The van der Waals surface area contributed by atoms with Gasteiger partial charge in [0.05, 0.1) is 6.20 Å². The molecule has 2 aromatic rings. The molecule has 0 aliphatic carbocycles. The Morgan fingerprint density at radius 3 is 3.07 bits per heavy atom. The number of unbranched alkanes of at least 4 members (excludes halogenated alkanes) is 2. The van der Waals surface area contributed by atoms with Gasteiger partial charge in [-0.25, -0.2) is 9.97 Å². The molecule has 2 heterocycles. The van der Waals surface area contributed by atoms with Gasteiger partial charge in [-0.05, 0) is 6.42 Å². The molecule has 0 saturated heterocycles. The van der Waals surface area contributed by atoms with E-state index >= 15 is 0 Å². The lowest BCUT2D eigenvalue weighted by molar-refractivity contribution is 0.505. The number of oxazole rings is 1. The standard InChI is InChI=1S/C10H13N3O/c1-2-3-4-5-9-13-8-6-11-7-12-10(8)14-9/h6-7H,2-5H2,1H3. The van der Waals surface area contributed by atoms with Crippen LogP contribution in [0.3, 0.4) is 0 Å².